The number of halogens is 1. The van der Waals surface area contributed by atoms with Crippen LogP contribution in [-0.4, -0.2) is 23.1 Å². The molecule has 1 aliphatic heterocycles. The molecule has 102 valence electrons. The number of fused-ring (bicyclic) bond motifs is 1. The topological polar surface area (TPSA) is 32.9 Å². The quantitative estimate of drug-likeness (QED) is 0.678. The Bertz CT molecular complexity index is 712. The molecule has 0 amide bonds. The van der Waals surface area contributed by atoms with Gasteiger partial charge in [0.25, 0.3) is 4.83 Å². The second-order valence-electron chi connectivity index (χ2n) is 4.73. The summed E-state index contributed by atoms with van der Waals surface area (Å²) in [6, 6.07) is 4.31. The molecule has 0 radical (unpaired) electrons. The number of rotatable bonds is 2. The van der Waals surface area contributed by atoms with E-state index in [1.807, 2.05) is 4.57 Å². The molecule has 3 aromatic rings. The third-order valence-corrected chi connectivity index (χ3v) is 5.59. The van der Waals surface area contributed by atoms with E-state index in [9.17, 15) is 0 Å². The molecule has 0 aromatic carbocycles. The van der Waals surface area contributed by atoms with Gasteiger partial charge >= 0.3 is 5.13 Å². The molecule has 3 aromatic heterocycles. The van der Waals surface area contributed by atoms with E-state index in [4.69, 9.17) is 11.6 Å². The maximum Gasteiger partial charge on any atom is 0.390 e. The summed E-state index contributed by atoms with van der Waals surface area (Å²) in [4.78, 5) is 13.1. The van der Waals surface area contributed by atoms with Gasteiger partial charge in [-0.2, -0.15) is 4.57 Å². The Kier molecular flexibility index (Phi) is 3.09. The van der Waals surface area contributed by atoms with Crippen LogP contribution in [0.4, 0.5) is 5.69 Å². The van der Waals surface area contributed by atoms with Crippen LogP contribution in [0.25, 0.3) is 14.8 Å². The van der Waals surface area contributed by atoms with Gasteiger partial charge in [-0.3, -0.25) is 0 Å². The lowest BCUT2D eigenvalue weighted by atomic mass is 10.3. The number of thiazole rings is 2. The molecule has 0 N–H and O–H groups in total. The fraction of sp³-hybridized carbons (Fsp3) is 0.308. The van der Waals surface area contributed by atoms with Crippen LogP contribution < -0.4 is 9.47 Å². The lowest BCUT2D eigenvalue weighted by Crippen LogP contribution is -2.30. The Morgan fingerprint density at radius 2 is 1.75 bits per heavy atom. The van der Waals surface area contributed by atoms with Crippen LogP contribution in [0.1, 0.15) is 12.8 Å². The van der Waals surface area contributed by atoms with Crippen molar-refractivity contribution in [1.82, 2.24) is 9.97 Å². The molecule has 4 rings (SSSR count). The van der Waals surface area contributed by atoms with Gasteiger partial charge in [0.2, 0.25) is 0 Å². The van der Waals surface area contributed by atoms with Crippen LogP contribution in [-0.2, 0) is 0 Å². The van der Waals surface area contributed by atoms with Crippen molar-refractivity contribution in [2.75, 3.05) is 18.0 Å². The highest BCUT2D eigenvalue weighted by Crippen LogP contribution is 2.29. The van der Waals surface area contributed by atoms with Crippen LogP contribution in [0.2, 0.25) is 4.47 Å². The average molecular weight is 324 g/mol. The second kappa shape index (κ2) is 4.95. The summed E-state index contributed by atoms with van der Waals surface area (Å²) >= 11 is 8.86. The molecular formula is C13H12ClN4S2+. The summed E-state index contributed by atoms with van der Waals surface area (Å²) in [7, 11) is 0. The molecule has 4 nitrogen and oxygen atoms in total. The monoisotopic (exact) mass is 323 g/mol. The Balaban J connectivity index is 1.65. The molecule has 4 heterocycles. The van der Waals surface area contributed by atoms with Crippen molar-refractivity contribution in [2.45, 2.75) is 12.8 Å². The van der Waals surface area contributed by atoms with Crippen molar-refractivity contribution in [3.8, 4) is 5.13 Å². The highest BCUT2D eigenvalue weighted by molar-refractivity contribution is 7.28. The molecule has 1 fully saturated rings. The van der Waals surface area contributed by atoms with Crippen molar-refractivity contribution in [3.63, 3.8) is 0 Å². The third-order valence-electron chi connectivity index (χ3n) is 3.44. The van der Waals surface area contributed by atoms with Crippen molar-refractivity contribution >= 4 is 49.6 Å². The van der Waals surface area contributed by atoms with Crippen molar-refractivity contribution in [3.05, 3.63) is 29.0 Å². The van der Waals surface area contributed by atoms with Crippen LogP contribution in [0, 0.1) is 0 Å². The van der Waals surface area contributed by atoms with Gasteiger partial charge in [0, 0.05) is 30.9 Å². The van der Waals surface area contributed by atoms with Gasteiger partial charge in [-0.1, -0.05) is 22.9 Å². The minimum Gasteiger partial charge on any atom is -0.371 e. The normalized spacial score (nSPS) is 15.3. The molecule has 0 aliphatic carbocycles. The maximum absolute atomic E-state index is 5.88. The van der Waals surface area contributed by atoms with Gasteiger partial charge < -0.3 is 4.90 Å². The molecule has 1 aliphatic rings. The van der Waals surface area contributed by atoms with E-state index in [2.05, 4.69) is 39.4 Å². The number of hydrogen-bond donors (Lipinski definition) is 0. The molecular weight excluding hydrogens is 312 g/mol. The fourth-order valence-corrected chi connectivity index (χ4v) is 4.54. The number of hydrogen-bond acceptors (Lipinski definition) is 5. The summed E-state index contributed by atoms with van der Waals surface area (Å²) in [6.07, 6.45) is 6.73. The zero-order valence-electron chi connectivity index (χ0n) is 10.6. The summed E-state index contributed by atoms with van der Waals surface area (Å²) in [5, 5.41) is 0.934. The molecule has 0 unspecified atom stereocenters. The predicted octanol–water partition coefficient (Wildman–Crippen LogP) is 3.28. The minimum atomic E-state index is 0.555. The first-order chi connectivity index (χ1) is 9.79. The van der Waals surface area contributed by atoms with E-state index in [-0.39, 0.29) is 0 Å². The van der Waals surface area contributed by atoms with Gasteiger partial charge in [0.05, 0.1) is 12.4 Å². The molecule has 1 saturated heterocycles. The van der Waals surface area contributed by atoms with E-state index in [1.165, 1.54) is 43.0 Å². The molecule has 20 heavy (non-hydrogen) atoms. The van der Waals surface area contributed by atoms with Gasteiger partial charge in [-0.15, -0.1) is 0 Å². The Hall–Kier alpha value is -1.24. The molecule has 0 bridgehead atoms. The van der Waals surface area contributed by atoms with Crippen molar-refractivity contribution < 1.29 is 4.57 Å². The first-order valence-electron chi connectivity index (χ1n) is 6.49. The number of anilines is 1. The van der Waals surface area contributed by atoms with Crippen LogP contribution in [0.15, 0.2) is 24.5 Å². The van der Waals surface area contributed by atoms with Gasteiger partial charge in [-0.05, 0) is 29.2 Å². The zero-order chi connectivity index (χ0) is 13.5. The van der Waals surface area contributed by atoms with E-state index in [0.717, 1.165) is 14.8 Å². The van der Waals surface area contributed by atoms with Crippen molar-refractivity contribution in [2.24, 2.45) is 0 Å². The summed E-state index contributed by atoms with van der Waals surface area (Å²) < 4.78 is 2.59. The Morgan fingerprint density at radius 3 is 2.45 bits per heavy atom. The third kappa shape index (κ3) is 2.17. The Morgan fingerprint density at radius 1 is 1.05 bits per heavy atom. The van der Waals surface area contributed by atoms with Crippen LogP contribution in [0.5, 0.6) is 0 Å². The van der Waals surface area contributed by atoms with E-state index in [1.54, 1.807) is 11.3 Å². The lowest BCUT2D eigenvalue weighted by molar-refractivity contribution is -0.595. The van der Waals surface area contributed by atoms with E-state index >= 15 is 0 Å². The maximum atomic E-state index is 5.88. The SMILES string of the molecule is Clc1nc2sc(-[n+]3ccc(N4CCCC4)cc3)nc2s1. The lowest BCUT2D eigenvalue weighted by Gasteiger charge is -2.16. The number of pyridine rings is 1. The molecule has 7 heteroatoms. The smallest absolute Gasteiger partial charge is 0.371 e. The first-order valence-corrected chi connectivity index (χ1v) is 8.50. The number of nitrogens with zero attached hydrogens (tertiary/aromatic N) is 4. The van der Waals surface area contributed by atoms with Crippen LogP contribution >= 0.6 is 34.3 Å². The van der Waals surface area contributed by atoms with Gasteiger partial charge in [-0.25, -0.2) is 4.98 Å². The summed E-state index contributed by atoms with van der Waals surface area (Å²) in [5.41, 5.74) is 1.29. The first kappa shape index (κ1) is 12.5. The zero-order valence-corrected chi connectivity index (χ0v) is 13.0. The van der Waals surface area contributed by atoms with E-state index in [0.29, 0.717) is 4.47 Å². The summed E-state index contributed by atoms with van der Waals surface area (Å²) in [5.74, 6) is 0. The summed E-state index contributed by atoms with van der Waals surface area (Å²) in [6.45, 7) is 2.33. The standard InChI is InChI=1S/C13H12ClN4S2/c14-12-15-10-11(19-12)16-13(20-10)18-7-3-9(4-8-18)17-5-1-2-6-17/h3-4,7-8H,1-2,5-6H2/q+1. The predicted molar refractivity (Wildman–Crippen MR) is 83.3 cm³/mol. The average Bonchev–Trinajstić information content (AvgIpc) is 3.13. The second-order valence-corrected chi connectivity index (χ2v) is 7.25. The van der Waals surface area contributed by atoms with Gasteiger partial charge in [0.1, 0.15) is 0 Å². The van der Waals surface area contributed by atoms with Gasteiger partial charge in [0.15, 0.2) is 9.30 Å². The minimum absolute atomic E-state index is 0.555. The fourth-order valence-electron chi connectivity index (χ4n) is 2.45. The highest BCUT2D eigenvalue weighted by Gasteiger charge is 2.19. The highest BCUT2D eigenvalue weighted by atomic mass is 35.5. The van der Waals surface area contributed by atoms with E-state index < -0.39 is 0 Å². The van der Waals surface area contributed by atoms with Crippen LogP contribution in [0.3, 0.4) is 0 Å². The molecule has 0 atom stereocenters. The Labute approximate surface area is 129 Å². The molecule has 0 saturated carbocycles. The molecule has 0 spiro atoms. The van der Waals surface area contributed by atoms with Crippen molar-refractivity contribution in [1.29, 1.82) is 0 Å². The largest absolute Gasteiger partial charge is 0.390 e. The number of aromatic nitrogens is 3.